The fourth-order valence-corrected chi connectivity index (χ4v) is 1.50. The summed E-state index contributed by atoms with van der Waals surface area (Å²) in [4.78, 5) is 10.8. The summed E-state index contributed by atoms with van der Waals surface area (Å²) in [6, 6.07) is 4.40. The van der Waals surface area contributed by atoms with E-state index in [2.05, 4.69) is 0 Å². The smallest absolute Gasteiger partial charge is 0.253 e. The fourth-order valence-electron chi connectivity index (χ4n) is 0.785. The number of halogens is 3. The summed E-state index contributed by atoms with van der Waals surface area (Å²) in [6.07, 6.45) is 0. The van der Waals surface area contributed by atoms with Crippen LogP contribution in [0.25, 0.3) is 0 Å². The Morgan fingerprint density at radius 1 is 1.31 bits per heavy atom. The number of hydrogen-bond acceptors (Lipinski definition) is 2. The van der Waals surface area contributed by atoms with Gasteiger partial charge in [-0.2, -0.15) is 5.26 Å². The molecule has 5 heteroatoms. The standard InChI is InChI=1S/C8H2Cl3NO/c9-6-2-7(10)5(8(11)13)1-4(6)3-12/h1-2H. The lowest BCUT2D eigenvalue weighted by atomic mass is 10.1. The van der Waals surface area contributed by atoms with Crippen molar-refractivity contribution in [2.45, 2.75) is 0 Å². The van der Waals surface area contributed by atoms with Crippen molar-refractivity contribution in [3.05, 3.63) is 33.3 Å². The van der Waals surface area contributed by atoms with Crippen LogP contribution < -0.4 is 0 Å². The van der Waals surface area contributed by atoms with Gasteiger partial charge in [0, 0.05) is 0 Å². The molecule has 0 aromatic heterocycles. The monoisotopic (exact) mass is 233 g/mol. The minimum Gasteiger partial charge on any atom is -0.276 e. The summed E-state index contributed by atoms with van der Waals surface area (Å²) in [7, 11) is 0. The van der Waals surface area contributed by atoms with Gasteiger partial charge in [-0.15, -0.1) is 0 Å². The zero-order valence-electron chi connectivity index (χ0n) is 6.14. The van der Waals surface area contributed by atoms with E-state index in [9.17, 15) is 4.79 Å². The molecule has 0 fully saturated rings. The largest absolute Gasteiger partial charge is 0.276 e. The van der Waals surface area contributed by atoms with Crippen molar-refractivity contribution in [1.29, 1.82) is 5.26 Å². The van der Waals surface area contributed by atoms with Gasteiger partial charge in [0.05, 0.1) is 21.2 Å². The van der Waals surface area contributed by atoms with Crippen LogP contribution in [0.5, 0.6) is 0 Å². The van der Waals surface area contributed by atoms with Gasteiger partial charge in [0.1, 0.15) is 6.07 Å². The molecule has 0 atom stereocenters. The number of benzene rings is 1. The van der Waals surface area contributed by atoms with Crippen LogP contribution in [0, 0.1) is 11.3 Å². The van der Waals surface area contributed by atoms with Crippen molar-refractivity contribution in [3.8, 4) is 6.07 Å². The van der Waals surface area contributed by atoms with Gasteiger partial charge < -0.3 is 0 Å². The van der Waals surface area contributed by atoms with Crippen LogP contribution in [-0.4, -0.2) is 5.24 Å². The van der Waals surface area contributed by atoms with E-state index in [1.165, 1.54) is 12.1 Å². The highest BCUT2D eigenvalue weighted by molar-refractivity contribution is 6.68. The van der Waals surface area contributed by atoms with Crippen LogP contribution in [-0.2, 0) is 0 Å². The lowest BCUT2D eigenvalue weighted by Gasteiger charge is -2.00. The van der Waals surface area contributed by atoms with E-state index in [0.29, 0.717) is 0 Å². The van der Waals surface area contributed by atoms with Gasteiger partial charge in [-0.3, -0.25) is 4.79 Å². The molecule has 0 aliphatic rings. The Bertz CT molecular complexity index is 409. The van der Waals surface area contributed by atoms with E-state index in [1.807, 2.05) is 6.07 Å². The van der Waals surface area contributed by atoms with Gasteiger partial charge >= 0.3 is 0 Å². The molecule has 0 radical (unpaired) electrons. The maximum Gasteiger partial charge on any atom is 0.253 e. The molecule has 0 saturated carbocycles. The van der Waals surface area contributed by atoms with Crippen LogP contribution in [0.3, 0.4) is 0 Å². The van der Waals surface area contributed by atoms with Crippen molar-refractivity contribution in [1.82, 2.24) is 0 Å². The molecule has 1 rings (SSSR count). The highest BCUT2D eigenvalue weighted by atomic mass is 35.5. The molecule has 0 bridgehead atoms. The second-order valence-electron chi connectivity index (χ2n) is 2.20. The van der Waals surface area contributed by atoms with Gasteiger partial charge in [-0.25, -0.2) is 0 Å². The zero-order chi connectivity index (χ0) is 10.0. The molecule has 66 valence electrons. The number of nitriles is 1. The third kappa shape index (κ3) is 2.13. The average Bonchev–Trinajstić information content (AvgIpc) is 2.03. The first-order chi connectivity index (χ1) is 6.06. The van der Waals surface area contributed by atoms with E-state index >= 15 is 0 Å². The minimum absolute atomic E-state index is 0.0873. The summed E-state index contributed by atoms with van der Waals surface area (Å²) in [5.74, 6) is 0. The highest BCUT2D eigenvalue weighted by Gasteiger charge is 2.11. The van der Waals surface area contributed by atoms with Crippen molar-refractivity contribution in [2.75, 3.05) is 0 Å². The van der Waals surface area contributed by atoms with Crippen LogP contribution in [0.4, 0.5) is 0 Å². The predicted octanol–water partition coefficient (Wildman–Crippen LogP) is 3.24. The third-order valence-corrected chi connectivity index (χ3v) is 2.22. The molecule has 0 spiro atoms. The molecule has 0 aliphatic carbocycles. The Balaban J connectivity index is 3.41. The fraction of sp³-hybridized carbons (Fsp3) is 0. The molecular weight excluding hydrogens is 232 g/mol. The van der Waals surface area contributed by atoms with E-state index in [4.69, 9.17) is 40.1 Å². The van der Waals surface area contributed by atoms with Crippen LogP contribution in [0.1, 0.15) is 15.9 Å². The number of carbonyl (C=O) groups is 1. The van der Waals surface area contributed by atoms with Gasteiger partial charge in [0.15, 0.2) is 0 Å². The summed E-state index contributed by atoms with van der Waals surface area (Å²) < 4.78 is 0. The summed E-state index contributed by atoms with van der Waals surface area (Å²) in [5, 5.41) is 8.22. The SMILES string of the molecule is N#Cc1cc(C(=O)Cl)c(Cl)cc1Cl. The first kappa shape index (κ1) is 10.3. The highest BCUT2D eigenvalue weighted by Crippen LogP contribution is 2.25. The summed E-state index contributed by atoms with van der Waals surface area (Å²) in [6.45, 7) is 0. The molecule has 0 N–H and O–H groups in total. The quantitative estimate of drug-likeness (QED) is 0.700. The van der Waals surface area contributed by atoms with Gasteiger partial charge in [-0.1, -0.05) is 23.2 Å². The second-order valence-corrected chi connectivity index (χ2v) is 3.36. The third-order valence-electron chi connectivity index (χ3n) is 1.39. The summed E-state index contributed by atoms with van der Waals surface area (Å²) >= 11 is 16.5. The summed E-state index contributed by atoms with van der Waals surface area (Å²) in [5.41, 5.74) is 0.263. The van der Waals surface area contributed by atoms with E-state index in [0.717, 1.165) is 0 Å². The van der Waals surface area contributed by atoms with Gasteiger partial charge in [0.25, 0.3) is 5.24 Å². The van der Waals surface area contributed by atoms with Crippen LogP contribution >= 0.6 is 34.8 Å². The van der Waals surface area contributed by atoms with Crippen LogP contribution in [0.15, 0.2) is 12.1 Å². The minimum atomic E-state index is -0.710. The molecule has 1 aromatic carbocycles. The van der Waals surface area contributed by atoms with Crippen LogP contribution in [0.2, 0.25) is 10.0 Å². The molecule has 0 saturated heterocycles. The van der Waals surface area contributed by atoms with E-state index < -0.39 is 5.24 Å². The Hall–Kier alpha value is -0.750. The number of rotatable bonds is 1. The van der Waals surface area contributed by atoms with Crippen molar-refractivity contribution < 1.29 is 4.79 Å². The molecule has 2 nitrogen and oxygen atoms in total. The number of nitrogens with zero attached hydrogens (tertiary/aromatic N) is 1. The second kappa shape index (κ2) is 3.97. The molecule has 0 heterocycles. The van der Waals surface area contributed by atoms with Crippen molar-refractivity contribution >= 4 is 40.0 Å². The maximum atomic E-state index is 10.8. The van der Waals surface area contributed by atoms with Crippen molar-refractivity contribution in [2.24, 2.45) is 0 Å². The maximum absolute atomic E-state index is 10.8. The van der Waals surface area contributed by atoms with E-state index in [-0.39, 0.29) is 21.2 Å². The first-order valence-electron chi connectivity index (χ1n) is 3.15. The Morgan fingerprint density at radius 2 is 1.92 bits per heavy atom. The first-order valence-corrected chi connectivity index (χ1v) is 4.28. The Morgan fingerprint density at radius 3 is 2.38 bits per heavy atom. The number of hydrogen-bond donors (Lipinski definition) is 0. The Kier molecular flexibility index (Phi) is 3.16. The molecule has 0 unspecified atom stereocenters. The average molecular weight is 234 g/mol. The van der Waals surface area contributed by atoms with Crippen molar-refractivity contribution in [3.63, 3.8) is 0 Å². The predicted molar refractivity (Wildman–Crippen MR) is 51.4 cm³/mol. The lowest BCUT2D eigenvalue weighted by molar-refractivity contribution is 0.108. The normalized spacial score (nSPS) is 9.38. The molecule has 13 heavy (non-hydrogen) atoms. The van der Waals surface area contributed by atoms with Gasteiger partial charge in [0.2, 0.25) is 0 Å². The Labute approximate surface area is 89.6 Å². The topological polar surface area (TPSA) is 40.9 Å². The molecule has 0 amide bonds. The molecule has 1 aromatic rings. The molecular formula is C8H2Cl3NO. The molecule has 0 aliphatic heterocycles. The lowest BCUT2D eigenvalue weighted by Crippen LogP contribution is -1.92. The van der Waals surface area contributed by atoms with Gasteiger partial charge in [-0.05, 0) is 23.7 Å². The zero-order valence-corrected chi connectivity index (χ0v) is 8.41. The number of carbonyl (C=O) groups excluding carboxylic acids is 1. The van der Waals surface area contributed by atoms with E-state index in [1.54, 1.807) is 0 Å².